The normalized spacial score (nSPS) is 10.4. The van der Waals surface area contributed by atoms with Crippen molar-refractivity contribution in [3.05, 3.63) is 71.2 Å². The Morgan fingerprint density at radius 3 is 2.64 bits per heavy atom. The third kappa shape index (κ3) is 2.29. The monoisotopic (exact) mass is 288 g/mol. The molecule has 4 heteroatoms. The number of carboxylic acids is 1. The highest BCUT2D eigenvalue weighted by atomic mass is 16.4. The Balaban J connectivity index is 2.29. The first kappa shape index (κ1) is 13.8. The highest BCUT2D eigenvalue weighted by molar-refractivity contribution is 6.00. The molecule has 0 spiro atoms. The number of pyridine rings is 1. The summed E-state index contributed by atoms with van der Waals surface area (Å²) in [5.74, 6) is -0.961. The van der Waals surface area contributed by atoms with Gasteiger partial charge in [0.2, 0.25) is 0 Å². The minimum Gasteiger partial charge on any atom is -0.478 e. The van der Waals surface area contributed by atoms with Gasteiger partial charge in [0.25, 0.3) is 0 Å². The Kier molecular flexibility index (Phi) is 3.32. The van der Waals surface area contributed by atoms with Crippen LogP contribution in [0.1, 0.15) is 15.9 Å². The van der Waals surface area contributed by atoms with E-state index >= 15 is 0 Å². The minimum atomic E-state index is -0.961. The van der Waals surface area contributed by atoms with Crippen molar-refractivity contribution >= 4 is 22.6 Å². The highest BCUT2D eigenvalue weighted by Crippen LogP contribution is 2.32. The number of hydrogen-bond acceptors (Lipinski definition) is 2. The van der Waals surface area contributed by atoms with Crippen molar-refractivity contribution in [2.24, 2.45) is 0 Å². The number of carboxylic acid groups (broad SMARTS) is 1. The van der Waals surface area contributed by atoms with Crippen molar-refractivity contribution in [1.29, 1.82) is 0 Å². The van der Waals surface area contributed by atoms with Gasteiger partial charge in [-0.2, -0.15) is 0 Å². The van der Waals surface area contributed by atoms with Crippen molar-refractivity contribution in [2.75, 3.05) is 0 Å². The number of fused-ring (bicyclic) bond motifs is 1. The second-order valence-electron chi connectivity index (χ2n) is 5.01. The second kappa shape index (κ2) is 5.30. The Morgan fingerprint density at radius 1 is 1.14 bits per heavy atom. The van der Waals surface area contributed by atoms with Crippen LogP contribution in [0.5, 0.6) is 0 Å². The van der Waals surface area contributed by atoms with Crippen molar-refractivity contribution in [2.45, 2.75) is 6.92 Å². The molecule has 0 aliphatic carbocycles. The van der Waals surface area contributed by atoms with E-state index in [0.29, 0.717) is 5.69 Å². The van der Waals surface area contributed by atoms with E-state index in [1.54, 1.807) is 30.5 Å². The number of aromatic carboxylic acids is 1. The van der Waals surface area contributed by atoms with Gasteiger partial charge in [-0.1, -0.05) is 23.8 Å². The summed E-state index contributed by atoms with van der Waals surface area (Å²) in [6, 6.07) is 12.3. The molecule has 0 aliphatic rings. The van der Waals surface area contributed by atoms with Gasteiger partial charge < -0.3 is 5.11 Å². The molecular formula is C18H12N2O2. The van der Waals surface area contributed by atoms with Gasteiger partial charge in [-0.25, -0.2) is 9.64 Å². The molecule has 0 atom stereocenters. The van der Waals surface area contributed by atoms with Crippen LogP contribution in [-0.4, -0.2) is 16.1 Å². The number of aryl methyl sites for hydroxylation is 1. The van der Waals surface area contributed by atoms with Crippen LogP contribution in [0, 0.1) is 13.5 Å². The summed E-state index contributed by atoms with van der Waals surface area (Å²) >= 11 is 0. The number of carbonyl (C=O) groups is 1. The average molecular weight is 288 g/mol. The minimum absolute atomic E-state index is 0.234. The average Bonchev–Trinajstić information content (AvgIpc) is 2.53. The van der Waals surface area contributed by atoms with E-state index in [-0.39, 0.29) is 5.56 Å². The zero-order valence-corrected chi connectivity index (χ0v) is 11.9. The van der Waals surface area contributed by atoms with Crippen LogP contribution >= 0.6 is 0 Å². The maximum Gasteiger partial charge on any atom is 0.335 e. The second-order valence-corrected chi connectivity index (χ2v) is 5.01. The van der Waals surface area contributed by atoms with Gasteiger partial charge in [0.15, 0.2) is 5.69 Å². The van der Waals surface area contributed by atoms with Gasteiger partial charge in [0, 0.05) is 11.6 Å². The lowest BCUT2D eigenvalue weighted by Crippen LogP contribution is -1.96. The molecule has 1 heterocycles. The van der Waals surface area contributed by atoms with Gasteiger partial charge in [-0.05, 0) is 42.3 Å². The summed E-state index contributed by atoms with van der Waals surface area (Å²) in [6.07, 6.45) is 1.71. The van der Waals surface area contributed by atoms with Crippen LogP contribution in [-0.2, 0) is 0 Å². The standard InChI is InChI=1S/C18H12N2O2/c1-11-9-13(19-2)4-5-14(11)15-7-8-20-17-6-3-12(18(21)22)10-16(15)17/h3-10H,1H3,(H,21,22). The van der Waals surface area contributed by atoms with Crippen LogP contribution in [0.2, 0.25) is 0 Å². The third-order valence-electron chi connectivity index (χ3n) is 3.62. The molecule has 0 saturated carbocycles. The maximum absolute atomic E-state index is 11.2. The summed E-state index contributed by atoms with van der Waals surface area (Å²) in [5.41, 5.74) is 4.44. The van der Waals surface area contributed by atoms with Crippen LogP contribution in [0.3, 0.4) is 0 Å². The van der Waals surface area contributed by atoms with E-state index in [9.17, 15) is 9.90 Å². The molecule has 106 valence electrons. The number of hydrogen-bond donors (Lipinski definition) is 1. The summed E-state index contributed by atoms with van der Waals surface area (Å²) in [7, 11) is 0. The van der Waals surface area contributed by atoms with E-state index in [2.05, 4.69) is 9.83 Å². The number of aromatic nitrogens is 1. The maximum atomic E-state index is 11.2. The largest absolute Gasteiger partial charge is 0.478 e. The van der Waals surface area contributed by atoms with Crippen LogP contribution < -0.4 is 0 Å². The molecule has 0 aliphatic heterocycles. The molecule has 3 rings (SSSR count). The zero-order chi connectivity index (χ0) is 15.7. The molecule has 1 N–H and O–H groups in total. The predicted octanol–water partition coefficient (Wildman–Crippen LogP) is 4.46. The molecule has 0 fully saturated rings. The van der Waals surface area contributed by atoms with Gasteiger partial charge in [-0.3, -0.25) is 4.98 Å². The van der Waals surface area contributed by atoms with E-state index in [1.165, 1.54) is 0 Å². The van der Waals surface area contributed by atoms with Crippen molar-refractivity contribution in [3.8, 4) is 11.1 Å². The first-order valence-electron chi connectivity index (χ1n) is 6.70. The molecule has 0 bridgehead atoms. The molecule has 22 heavy (non-hydrogen) atoms. The summed E-state index contributed by atoms with van der Waals surface area (Å²) in [4.78, 5) is 18.9. The number of rotatable bonds is 2. The molecule has 1 aromatic heterocycles. The van der Waals surface area contributed by atoms with Gasteiger partial charge >= 0.3 is 5.97 Å². The molecular weight excluding hydrogens is 276 g/mol. The lowest BCUT2D eigenvalue weighted by atomic mass is 9.96. The summed E-state index contributed by atoms with van der Waals surface area (Å²) in [6.45, 7) is 9.01. The lowest BCUT2D eigenvalue weighted by molar-refractivity contribution is 0.0697. The van der Waals surface area contributed by atoms with Crippen molar-refractivity contribution in [1.82, 2.24) is 4.98 Å². The Bertz CT molecular complexity index is 939. The molecule has 2 aromatic carbocycles. The molecule has 0 saturated heterocycles. The van der Waals surface area contributed by atoms with Gasteiger partial charge in [0.05, 0.1) is 17.7 Å². The number of benzene rings is 2. The Labute approximate surface area is 127 Å². The predicted molar refractivity (Wildman–Crippen MR) is 85.1 cm³/mol. The Hall–Kier alpha value is -3.19. The fourth-order valence-electron chi connectivity index (χ4n) is 2.53. The van der Waals surface area contributed by atoms with Crippen LogP contribution in [0.4, 0.5) is 5.69 Å². The zero-order valence-electron chi connectivity index (χ0n) is 11.9. The fraction of sp³-hybridized carbons (Fsp3) is 0.0556. The molecule has 4 nitrogen and oxygen atoms in total. The van der Waals surface area contributed by atoms with Gasteiger partial charge in [0.1, 0.15) is 0 Å². The number of nitrogens with zero attached hydrogens (tertiary/aromatic N) is 2. The van der Waals surface area contributed by atoms with Crippen molar-refractivity contribution < 1.29 is 9.90 Å². The summed E-state index contributed by atoms with van der Waals surface area (Å²) < 4.78 is 0. The molecule has 0 radical (unpaired) electrons. The van der Waals surface area contributed by atoms with Crippen LogP contribution in [0.25, 0.3) is 26.9 Å². The van der Waals surface area contributed by atoms with E-state index in [4.69, 9.17) is 6.57 Å². The first-order valence-corrected chi connectivity index (χ1v) is 6.70. The SMILES string of the molecule is [C-]#[N+]c1ccc(-c2ccnc3ccc(C(=O)O)cc23)c(C)c1. The highest BCUT2D eigenvalue weighted by Gasteiger charge is 2.10. The molecule has 0 amide bonds. The topological polar surface area (TPSA) is 54.5 Å². The quantitative estimate of drug-likeness (QED) is 0.708. The van der Waals surface area contributed by atoms with E-state index < -0.39 is 5.97 Å². The van der Waals surface area contributed by atoms with Crippen LogP contribution in [0.15, 0.2) is 48.7 Å². The molecule has 0 unspecified atom stereocenters. The first-order chi connectivity index (χ1) is 10.6. The van der Waals surface area contributed by atoms with E-state index in [0.717, 1.165) is 27.6 Å². The van der Waals surface area contributed by atoms with Gasteiger partial charge in [-0.15, -0.1) is 0 Å². The van der Waals surface area contributed by atoms with E-state index in [1.807, 2.05) is 25.1 Å². The Morgan fingerprint density at radius 2 is 1.95 bits per heavy atom. The smallest absolute Gasteiger partial charge is 0.335 e. The van der Waals surface area contributed by atoms with Crippen molar-refractivity contribution in [3.63, 3.8) is 0 Å². The fourth-order valence-corrected chi connectivity index (χ4v) is 2.53. The summed E-state index contributed by atoms with van der Waals surface area (Å²) in [5, 5.41) is 9.97. The third-order valence-corrected chi connectivity index (χ3v) is 3.62. The molecule has 3 aromatic rings. The lowest BCUT2D eigenvalue weighted by Gasteiger charge is -2.10.